The summed E-state index contributed by atoms with van der Waals surface area (Å²) in [4.78, 5) is 9.41. The number of hydrogen-bond acceptors (Lipinski definition) is 6. The fourth-order valence-corrected chi connectivity index (χ4v) is 5.15. The zero-order valence-corrected chi connectivity index (χ0v) is 18.1. The number of morpholine rings is 1. The van der Waals surface area contributed by atoms with E-state index in [2.05, 4.69) is 28.7 Å². The van der Waals surface area contributed by atoms with E-state index in [1.165, 1.54) is 4.31 Å². The summed E-state index contributed by atoms with van der Waals surface area (Å²) in [5.74, 6) is 0.871. The van der Waals surface area contributed by atoms with Gasteiger partial charge in [-0.3, -0.25) is 4.98 Å². The van der Waals surface area contributed by atoms with Gasteiger partial charge in [-0.25, -0.2) is 13.4 Å². The average Bonchev–Trinajstić information content (AvgIpc) is 3.15. The average molecular weight is 430 g/mol. The largest absolute Gasteiger partial charge is 0.379 e. The van der Waals surface area contributed by atoms with Crippen LogP contribution in [0.5, 0.6) is 0 Å². The maximum Gasteiger partial charge on any atom is 0.243 e. The van der Waals surface area contributed by atoms with Gasteiger partial charge in [-0.1, -0.05) is 6.07 Å². The first-order chi connectivity index (χ1) is 14.5. The molecule has 1 aliphatic heterocycles. The second-order valence-electron chi connectivity index (χ2n) is 7.30. The van der Waals surface area contributed by atoms with Crippen molar-refractivity contribution in [1.82, 2.24) is 24.2 Å². The molecule has 9 heteroatoms. The molecule has 0 amide bonds. The Labute approximate surface area is 176 Å². The number of pyridine rings is 1. The molecule has 3 heterocycles. The molecular formula is C21H27N5O3S. The lowest BCUT2D eigenvalue weighted by molar-refractivity contribution is 0.0730. The predicted octanol–water partition coefficient (Wildman–Crippen LogP) is 2.32. The Bertz CT molecular complexity index is 1110. The summed E-state index contributed by atoms with van der Waals surface area (Å²) in [6.45, 7) is 7.05. The van der Waals surface area contributed by atoms with Crippen LogP contribution in [0.15, 0.2) is 47.5 Å². The standard InChI is InChI=1S/C21H27N5O3S/c1-3-26-20-8-7-17(30(27,28)25-10-12-29-13-11-25)14-19(20)24-21(26)15-23-16(2)18-6-4-5-9-22-18/h4-9,14,16,23H,3,10-13,15H2,1-2H3. The van der Waals surface area contributed by atoms with Gasteiger partial charge in [-0.05, 0) is 44.2 Å². The van der Waals surface area contributed by atoms with Crippen LogP contribution in [0, 0.1) is 0 Å². The van der Waals surface area contributed by atoms with Crippen molar-refractivity contribution in [3.8, 4) is 0 Å². The van der Waals surface area contributed by atoms with Crippen LogP contribution in [0.3, 0.4) is 0 Å². The van der Waals surface area contributed by atoms with E-state index in [-0.39, 0.29) is 10.9 Å². The summed E-state index contributed by atoms with van der Waals surface area (Å²) in [7, 11) is -3.55. The van der Waals surface area contributed by atoms with Crippen LogP contribution in [0.1, 0.15) is 31.4 Å². The van der Waals surface area contributed by atoms with Crippen LogP contribution in [0.4, 0.5) is 0 Å². The molecule has 1 aromatic carbocycles. The number of nitrogens with one attached hydrogen (secondary N) is 1. The molecule has 1 aliphatic rings. The third-order valence-corrected chi connectivity index (χ3v) is 7.32. The molecule has 30 heavy (non-hydrogen) atoms. The summed E-state index contributed by atoms with van der Waals surface area (Å²) in [6, 6.07) is 11.1. The topological polar surface area (TPSA) is 89.3 Å². The zero-order chi connectivity index (χ0) is 21.1. The highest BCUT2D eigenvalue weighted by Gasteiger charge is 2.27. The highest BCUT2D eigenvalue weighted by Crippen LogP contribution is 2.24. The lowest BCUT2D eigenvalue weighted by Gasteiger charge is -2.26. The normalized spacial score (nSPS) is 16.7. The van der Waals surface area contributed by atoms with E-state index in [1.54, 1.807) is 18.3 Å². The van der Waals surface area contributed by atoms with Crippen molar-refractivity contribution in [2.75, 3.05) is 26.3 Å². The molecule has 0 saturated carbocycles. The van der Waals surface area contributed by atoms with Crippen LogP contribution in [-0.2, 0) is 27.8 Å². The van der Waals surface area contributed by atoms with Crippen LogP contribution < -0.4 is 5.32 Å². The Morgan fingerprint density at radius 2 is 2.00 bits per heavy atom. The Morgan fingerprint density at radius 1 is 1.20 bits per heavy atom. The van der Waals surface area contributed by atoms with E-state index in [4.69, 9.17) is 9.72 Å². The molecule has 1 fully saturated rings. The first-order valence-electron chi connectivity index (χ1n) is 10.2. The molecule has 1 saturated heterocycles. The van der Waals surface area contributed by atoms with Crippen molar-refractivity contribution in [2.45, 2.75) is 37.9 Å². The molecule has 0 spiro atoms. The van der Waals surface area contributed by atoms with Crippen molar-refractivity contribution in [3.05, 3.63) is 54.1 Å². The molecule has 8 nitrogen and oxygen atoms in total. The molecule has 160 valence electrons. The van der Waals surface area contributed by atoms with Crippen LogP contribution in [-0.4, -0.2) is 53.6 Å². The summed E-state index contributed by atoms with van der Waals surface area (Å²) in [5.41, 5.74) is 2.59. The second-order valence-corrected chi connectivity index (χ2v) is 9.23. The summed E-state index contributed by atoms with van der Waals surface area (Å²) in [5, 5.41) is 3.46. The Kier molecular flexibility index (Phi) is 6.14. The van der Waals surface area contributed by atoms with Crippen molar-refractivity contribution in [2.24, 2.45) is 0 Å². The molecule has 1 unspecified atom stereocenters. The van der Waals surface area contributed by atoms with Gasteiger partial charge in [-0.2, -0.15) is 4.31 Å². The van der Waals surface area contributed by atoms with Gasteiger partial charge in [0.1, 0.15) is 5.82 Å². The summed E-state index contributed by atoms with van der Waals surface area (Å²) < 4.78 is 34.8. The van der Waals surface area contributed by atoms with Crippen molar-refractivity contribution in [3.63, 3.8) is 0 Å². The Hall–Kier alpha value is -2.33. The number of aryl methyl sites for hydroxylation is 1. The molecule has 3 aromatic rings. The molecule has 1 N–H and O–H groups in total. The number of nitrogens with zero attached hydrogens (tertiary/aromatic N) is 4. The monoisotopic (exact) mass is 429 g/mol. The number of imidazole rings is 1. The maximum atomic E-state index is 13.0. The highest BCUT2D eigenvalue weighted by molar-refractivity contribution is 7.89. The van der Waals surface area contributed by atoms with Gasteiger partial charge in [-0.15, -0.1) is 0 Å². The summed E-state index contributed by atoms with van der Waals surface area (Å²) >= 11 is 0. The molecule has 0 aliphatic carbocycles. The Balaban J connectivity index is 1.59. The molecule has 0 bridgehead atoms. The van der Waals surface area contributed by atoms with Crippen molar-refractivity contribution >= 4 is 21.1 Å². The van der Waals surface area contributed by atoms with Gasteiger partial charge in [0.05, 0.1) is 41.4 Å². The molecule has 1 atom stereocenters. The fraction of sp³-hybridized carbons (Fsp3) is 0.429. The van der Waals surface area contributed by atoms with Gasteiger partial charge < -0.3 is 14.6 Å². The number of rotatable bonds is 7. The van der Waals surface area contributed by atoms with Gasteiger partial charge in [0.15, 0.2) is 0 Å². The number of sulfonamides is 1. The van der Waals surface area contributed by atoms with Crippen LogP contribution >= 0.6 is 0 Å². The predicted molar refractivity (Wildman–Crippen MR) is 114 cm³/mol. The number of benzene rings is 1. The van der Waals surface area contributed by atoms with E-state index in [0.717, 1.165) is 23.6 Å². The van der Waals surface area contributed by atoms with E-state index in [1.807, 2.05) is 24.3 Å². The minimum Gasteiger partial charge on any atom is -0.379 e. The minimum atomic E-state index is -3.55. The Morgan fingerprint density at radius 3 is 2.70 bits per heavy atom. The van der Waals surface area contributed by atoms with Gasteiger partial charge in [0.25, 0.3) is 0 Å². The van der Waals surface area contributed by atoms with Crippen molar-refractivity contribution < 1.29 is 13.2 Å². The SMILES string of the molecule is CCn1c(CNC(C)c2ccccn2)nc2cc(S(=O)(=O)N3CCOCC3)ccc21. The van der Waals surface area contributed by atoms with Crippen molar-refractivity contribution in [1.29, 1.82) is 0 Å². The van der Waals surface area contributed by atoms with Gasteiger partial charge >= 0.3 is 0 Å². The van der Waals surface area contributed by atoms with E-state index >= 15 is 0 Å². The minimum absolute atomic E-state index is 0.0774. The highest BCUT2D eigenvalue weighted by atomic mass is 32.2. The quantitative estimate of drug-likeness (QED) is 0.620. The third-order valence-electron chi connectivity index (χ3n) is 5.42. The summed E-state index contributed by atoms with van der Waals surface area (Å²) in [6.07, 6.45) is 1.78. The molecule has 4 rings (SSSR count). The first-order valence-corrected chi connectivity index (χ1v) is 11.7. The second kappa shape index (κ2) is 8.81. The first kappa shape index (κ1) is 20.9. The number of fused-ring (bicyclic) bond motifs is 1. The van der Waals surface area contributed by atoms with E-state index in [9.17, 15) is 8.42 Å². The molecular weight excluding hydrogens is 402 g/mol. The third kappa shape index (κ3) is 4.11. The van der Waals surface area contributed by atoms with Crippen LogP contribution in [0.25, 0.3) is 11.0 Å². The maximum absolute atomic E-state index is 13.0. The number of aromatic nitrogens is 3. The van der Waals surface area contributed by atoms with E-state index in [0.29, 0.717) is 38.4 Å². The number of hydrogen-bond donors (Lipinski definition) is 1. The molecule has 0 radical (unpaired) electrons. The zero-order valence-electron chi connectivity index (χ0n) is 17.3. The van der Waals surface area contributed by atoms with Gasteiger partial charge in [0, 0.05) is 31.9 Å². The lowest BCUT2D eigenvalue weighted by atomic mass is 10.2. The number of ether oxygens (including phenoxy) is 1. The molecule has 2 aromatic heterocycles. The lowest BCUT2D eigenvalue weighted by Crippen LogP contribution is -2.40. The fourth-order valence-electron chi connectivity index (χ4n) is 3.72. The van der Waals surface area contributed by atoms with E-state index < -0.39 is 10.0 Å². The smallest absolute Gasteiger partial charge is 0.243 e. The van der Waals surface area contributed by atoms with Gasteiger partial charge in [0.2, 0.25) is 10.0 Å². The van der Waals surface area contributed by atoms with Crippen LogP contribution in [0.2, 0.25) is 0 Å².